The molecule has 0 bridgehead atoms. The van der Waals surface area contributed by atoms with Crippen molar-refractivity contribution in [2.75, 3.05) is 33.8 Å². The molecule has 5 heteroatoms. The van der Waals surface area contributed by atoms with Gasteiger partial charge in [0.15, 0.2) is 0 Å². The Morgan fingerprint density at radius 1 is 1.33 bits per heavy atom. The molecule has 0 spiro atoms. The Kier molecular flexibility index (Phi) is 6.78. The van der Waals surface area contributed by atoms with Crippen molar-refractivity contribution in [1.82, 2.24) is 10.2 Å². The summed E-state index contributed by atoms with van der Waals surface area (Å²) in [5.41, 5.74) is 0.0773. The van der Waals surface area contributed by atoms with Gasteiger partial charge in [-0.05, 0) is 45.6 Å². The number of benzene rings is 1. The molecule has 0 saturated carbocycles. The summed E-state index contributed by atoms with van der Waals surface area (Å²) in [7, 11) is 3.95. The highest BCUT2D eigenvalue weighted by molar-refractivity contribution is 5.80. The maximum Gasteiger partial charge on any atom is 0.326 e. The van der Waals surface area contributed by atoms with Gasteiger partial charge in [0.2, 0.25) is 0 Å². The second kappa shape index (κ2) is 8.10. The molecule has 1 rings (SSSR count). The van der Waals surface area contributed by atoms with Crippen molar-refractivity contribution in [1.29, 1.82) is 0 Å². The van der Waals surface area contributed by atoms with E-state index in [9.17, 15) is 9.18 Å². The van der Waals surface area contributed by atoms with Crippen LogP contribution in [0.25, 0.3) is 0 Å². The molecule has 0 aliphatic heterocycles. The molecular formula is C16H25FN2O2. The van der Waals surface area contributed by atoms with Gasteiger partial charge in [0.05, 0.1) is 6.61 Å². The summed E-state index contributed by atoms with van der Waals surface area (Å²) in [5, 5.41) is 3.27. The van der Waals surface area contributed by atoms with Gasteiger partial charge in [0.25, 0.3) is 0 Å². The SMILES string of the molecule is CCOC(=O)C(C)(Cc1ccc(F)cc1)NCCN(C)C. The van der Waals surface area contributed by atoms with Crippen molar-refractivity contribution >= 4 is 5.97 Å². The molecular weight excluding hydrogens is 271 g/mol. The van der Waals surface area contributed by atoms with Gasteiger partial charge >= 0.3 is 5.97 Å². The number of likely N-dealkylation sites (N-methyl/N-ethyl adjacent to an activating group) is 1. The molecule has 0 radical (unpaired) electrons. The smallest absolute Gasteiger partial charge is 0.326 e. The van der Waals surface area contributed by atoms with Crippen LogP contribution >= 0.6 is 0 Å². The molecule has 4 nitrogen and oxygen atoms in total. The van der Waals surface area contributed by atoms with E-state index in [-0.39, 0.29) is 11.8 Å². The zero-order chi connectivity index (χ0) is 15.9. The van der Waals surface area contributed by atoms with Crippen molar-refractivity contribution in [3.05, 3.63) is 35.6 Å². The number of halogens is 1. The van der Waals surface area contributed by atoms with Gasteiger partial charge in [-0.2, -0.15) is 0 Å². The van der Waals surface area contributed by atoms with Crippen LogP contribution in [0.1, 0.15) is 19.4 Å². The van der Waals surface area contributed by atoms with Gasteiger partial charge < -0.3 is 15.0 Å². The standard InChI is InChI=1S/C16H25FN2O2/c1-5-21-15(20)16(2,18-10-11-19(3)4)12-13-6-8-14(17)9-7-13/h6-9,18H,5,10-12H2,1-4H3. The fourth-order valence-electron chi connectivity index (χ4n) is 2.06. The average molecular weight is 296 g/mol. The third kappa shape index (κ3) is 5.81. The summed E-state index contributed by atoms with van der Waals surface area (Å²) in [6, 6.07) is 6.20. The molecule has 1 unspecified atom stereocenters. The van der Waals surface area contributed by atoms with Gasteiger partial charge in [0, 0.05) is 19.5 Å². The van der Waals surface area contributed by atoms with E-state index in [1.807, 2.05) is 25.9 Å². The van der Waals surface area contributed by atoms with E-state index in [2.05, 4.69) is 5.32 Å². The number of carbonyl (C=O) groups excluding carboxylic acids is 1. The Morgan fingerprint density at radius 3 is 2.48 bits per heavy atom. The zero-order valence-electron chi connectivity index (χ0n) is 13.3. The molecule has 0 aliphatic rings. The number of esters is 1. The van der Waals surface area contributed by atoms with Crippen molar-refractivity contribution < 1.29 is 13.9 Å². The first kappa shape index (κ1) is 17.6. The van der Waals surface area contributed by atoms with Crippen LogP contribution < -0.4 is 5.32 Å². The number of carbonyl (C=O) groups is 1. The van der Waals surface area contributed by atoms with Gasteiger partial charge in [-0.15, -0.1) is 0 Å². The topological polar surface area (TPSA) is 41.6 Å². The molecule has 0 heterocycles. The van der Waals surface area contributed by atoms with Gasteiger partial charge in [-0.25, -0.2) is 4.39 Å². The van der Waals surface area contributed by atoms with Crippen LogP contribution in [-0.4, -0.2) is 50.2 Å². The maximum atomic E-state index is 13.0. The monoisotopic (exact) mass is 296 g/mol. The van der Waals surface area contributed by atoms with Gasteiger partial charge in [0.1, 0.15) is 11.4 Å². The Labute approximate surface area is 126 Å². The molecule has 0 fully saturated rings. The normalized spacial score (nSPS) is 14.0. The molecule has 1 atom stereocenters. The average Bonchev–Trinajstić information content (AvgIpc) is 2.41. The van der Waals surface area contributed by atoms with Crippen LogP contribution in [0.2, 0.25) is 0 Å². The number of hydrogen-bond donors (Lipinski definition) is 1. The zero-order valence-corrected chi connectivity index (χ0v) is 13.3. The van der Waals surface area contributed by atoms with Gasteiger partial charge in [-0.3, -0.25) is 4.79 Å². The highest BCUT2D eigenvalue weighted by Crippen LogP contribution is 2.16. The van der Waals surface area contributed by atoms with E-state index in [1.54, 1.807) is 19.1 Å². The number of hydrogen-bond acceptors (Lipinski definition) is 4. The number of ether oxygens (including phenoxy) is 1. The molecule has 1 N–H and O–H groups in total. The minimum absolute atomic E-state index is 0.280. The Balaban J connectivity index is 2.79. The third-order valence-electron chi connectivity index (χ3n) is 3.27. The second-order valence-electron chi connectivity index (χ2n) is 5.59. The molecule has 0 amide bonds. The fourth-order valence-corrected chi connectivity index (χ4v) is 2.06. The third-order valence-corrected chi connectivity index (χ3v) is 3.27. The summed E-state index contributed by atoms with van der Waals surface area (Å²) in [6.45, 7) is 5.44. The number of rotatable bonds is 8. The van der Waals surface area contributed by atoms with Crippen molar-refractivity contribution in [2.24, 2.45) is 0 Å². The highest BCUT2D eigenvalue weighted by Gasteiger charge is 2.34. The molecule has 0 saturated heterocycles. The molecule has 118 valence electrons. The molecule has 1 aromatic rings. The Hall–Kier alpha value is -1.46. The minimum Gasteiger partial charge on any atom is -0.465 e. The molecule has 1 aromatic carbocycles. The lowest BCUT2D eigenvalue weighted by Crippen LogP contribution is -2.53. The van der Waals surface area contributed by atoms with Crippen LogP contribution in [0, 0.1) is 5.82 Å². The van der Waals surface area contributed by atoms with E-state index in [0.29, 0.717) is 19.6 Å². The van der Waals surface area contributed by atoms with E-state index < -0.39 is 5.54 Å². The van der Waals surface area contributed by atoms with Crippen LogP contribution in [0.15, 0.2) is 24.3 Å². The lowest BCUT2D eigenvalue weighted by molar-refractivity contribution is -0.150. The largest absolute Gasteiger partial charge is 0.465 e. The first-order valence-electron chi connectivity index (χ1n) is 7.19. The number of nitrogens with zero attached hydrogens (tertiary/aromatic N) is 1. The van der Waals surface area contributed by atoms with Crippen LogP contribution in [-0.2, 0) is 16.0 Å². The summed E-state index contributed by atoms with van der Waals surface area (Å²) in [4.78, 5) is 14.3. The van der Waals surface area contributed by atoms with Crippen LogP contribution in [0.3, 0.4) is 0 Å². The second-order valence-corrected chi connectivity index (χ2v) is 5.59. The predicted molar refractivity (Wildman–Crippen MR) is 81.7 cm³/mol. The maximum absolute atomic E-state index is 13.0. The summed E-state index contributed by atoms with van der Waals surface area (Å²) < 4.78 is 18.1. The lowest BCUT2D eigenvalue weighted by atomic mass is 9.92. The fraction of sp³-hybridized carbons (Fsp3) is 0.562. The Morgan fingerprint density at radius 2 is 1.95 bits per heavy atom. The predicted octanol–water partition coefficient (Wildman–Crippen LogP) is 1.84. The van der Waals surface area contributed by atoms with Crippen LogP contribution in [0.4, 0.5) is 4.39 Å². The van der Waals surface area contributed by atoms with E-state index in [1.165, 1.54) is 12.1 Å². The minimum atomic E-state index is -0.816. The van der Waals surface area contributed by atoms with Crippen molar-refractivity contribution in [3.63, 3.8) is 0 Å². The first-order chi connectivity index (χ1) is 9.87. The van der Waals surface area contributed by atoms with Crippen molar-refractivity contribution in [2.45, 2.75) is 25.8 Å². The lowest BCUT2D eigenvalue weighted by Gasteiger charge is -2.29. The molecule has 21 heavy (non-hydrogen) atoms. The molecule has 0 aliphatic carbocycles. The summed E-state index contributed by atoms with van der Waals surface area (Å²) >= 11 is 0. The van der Waals surface area contributed by atoms with E-state index in [0.717, 1.165) is 12.1 Å². The first-order valence-corrected chi connectivity index (χ1v) is 7.19. The summed E-state index contributed by atoms with van der Waals surface area (Å²) in [5.74, 6) is -0.565. The summed E-state index contributed by atoms with van der Waals surface area (Å²) in [6.07, 6.45) is 0.458. The van der Waals surface area contributed by atoms with E-state index in [4.69, 9.17) is 4.74 Å². The van der Waals surface area contributed by atoms with Crippen LogP contribution in [0.5, 0.6) is 0 Å². The number of nitrogens with one attached hydrogen (secondary N) is 1. The van der Waals surface area contributed by atoms with Crippen molar-refractivity contribution in [3.8, 4) is 0 Å². The van der Waals surface area contributed by atoms with E-state index >= 15 is 0 Å². The Bertz CT molecular complexity index is 448. The van der Waals surface area contributed by atoms with Gasteiger partial charge in [-0.1, -0.05) is 12.1 Å². The molecule has 0 aromatic heterocycles. The highest BCUT2D eigenvalue weighted by atomic mass is 19.1. The quantitative estimate of drug-likeness (QED) is 0.743.